The Morgan fingerprint density at radius 1 is 1.33 bits per heavy atom. The molecule has 4 heterocycles. The number of piperidine rings is 3. The minimum atomic E-state index is -0.520. The Morgan fingerprint density at radius 3 is 2.78 bits per heavy atom. The Balaban J connectivity index is 1.76. The van der Waals surface area contributed by atoms with E-state index in [-0.39, 0.29) is 6.04 Å². The number of nitrogens with zero attached hydrogens (tertiary/aromatic N) is 2. The molecule has 2 unspecified atom stereocenters. The van der Waals surface area contributed by atoms with Crippen LogP contribution in [0, 0.1) is 11.8 Å². The summed E-state index contributed by atoms with van der Waals surface area (Å²) >= 11 is 0. The van der Waals surface area contributed by atoms with Crippen LogP contribution < -0.4 is 4.74 Å². The number of aromatic nitrogens is 1. The maximum absolute atomic E-state index is 11.5. The van der Waals surface area contributed by atoms with Crippen molar-refractivity contribution in [3.8, 4) is 5.75 Å². The van der Waals surface area contributed by atoms with Gasteiger partial charge in [0.15, 0.2) is 0 Å². The molecule has 1 aromatic carbocycles. The highest BCUT2D eigenvalue weighted by Gasteiger charge is 2.42. The molecule has 0 aliphatic carbocycles. The molecule has 3 saturated heterocycles. The minimum Gasteiger partial charge on any atom is -0.497 e. The first-order chi connectivity index (χ1) is 13.0. The Kier molecular flexibility index (Phi) is 4.95. The molecule has 2 bridgehead atoms. The summed E-state index contributed by atoms with van der Waals surface area (Å²) in [6, 6.07) is 8.21. The van der Waals surface area contributed by atoms with Gasteiger partial charge in [-0.25, -0.2) is 0 Å². The van der Waals surface area contributed by atoms with Gasteiger partial charge in [-0.3, -0.25) is 9.88 Å². The molecule has 4 nitrogen and oxygen atoms in total. The van der Waals surface area contributed by atoms with E-state index in [9.17, 15) is 5.11 Å². The number of pyridine rings is 1. The maximum Gasteiger partial charge on any atom is 0.119 e. The summed E-state index contributed by atoms with van der Waals surface area (Å²) in [6.45, 7) is 10.4. The summed E-state index contributed by atoms with van der Waals surface area (Å²) in [7, 11) is 1.68. The van der Waals surface area contributed by atoms with Crippen LogP contribution in [-0.2, 0) is 0 Å². The predicted octanol–water partition coefficient (Wildman–Crippen LogP) is 4.30. The van der Waals surface area contributed by atoms with Gasteiger partial charge in [0, 0.05) is 23.7 Å². The third-order valence-electron chi connectivity index (χ3n) is 6.50. The number of methoxy groups -OCH3 is 1. The monoisotopic (exact) mass is 366 g/mol. The highest BCUT2D eigenvalue weighted by molar-refractivity contribution is 5.84. The summed E-state index contributed by atoms with van der Waals surface area (Å²) in [5.74, 6) is 2.31. The van der Waals surface area contributed by atoms with Crippen LogP contribution in [0.25, 0.3) is 10.9 Å². The molecule has 1 N–H and O–H groups in total. The maximum atomic E-state index is 11.5. The molecule has 0 saturated carbocycles. The number of hydrogen-bond acceptors (Lipinski definition) is 4. The van der Waals surface area contributed by atoms with Crippen molar-refractivity contribution in [3.63, 3.8) is 0 Å². The van der Waals surface area contributed by atoms with E-state index in [1.807, 2.05) is 18.2 Å². The Labute approximate surface area is 161 Å². The normalized spacial score (nSPS) is 28.5. The van der Waals surface area contributed by atoms with Crippen molar-refractivity contribution < 1.29 is 9.84 Å². The number of aliphatic hydroxyl groups is 1. The summed E-state index contributed by atoms with van der Waals surface area (Å²) in [5.41, 5.74) is 2.94. The van der Waals surface area contributed by atoms with Gasteiger partial charge in [-0.1, -0.05) is 19.9 Å². The van der Waals surface area contributed by atoms with Crippen molar-refractivity contribution in [1.82, 2.24) is 9.88 Å². The van der Waals surface area contributed by atoms with E-state index < -0.39 is 6.10 Å². The van der Waals surface area contributed by atoms with Crippen molar-refractivity contribution in [2.24, 2.45) is 11.8 Å². The number of hydrogen-bond donors (Lipinski definition) is 1. The van der Waals surface area contributed by atoms with Crippen LogP contribution in [0.5, 0.6) is 5.75 Å². The van der Waals surface area contributed by atoms with Crippen LogP contribution in [0.1, 0.15) is 50.0 Å². The molecule has 2 aromatic rings. The number of benzene rings is 1. The zero-order valence-electron chi connectivity index (χ0n) is 16.6. The molecule has 4 heteroatoms. The molecule has 3 fully saturated rings. The van der Waals surface area contributed by atoms with E-state index in [0.29, 0.717) is 17.8 Å². The van der Waals surface area contributed by atoms with Crippen LogP contribution in [0.3, 0.4) is 0 Å². The van der Waals surface area contributed by atoms with Crippen LogP contribution in [0.2, 0.25) is 0 Å². The van der Waals surface area contributed by atoms with Gasteiger partial charge in [0.1, 0.15) is 5.75 Å². The molecular formula is C23H30N2O2. The quantitative estimate of drug-likeness (QED) is 0.802. The van der Waals surface area contributed by atoms with E-state index in [0.717, 1.165) is 47.4 Å². The Bertz CT molecular complexity index is 848. The molecule has 3 aliphatic rings. The number of aliphatic hydroxyl groups excluding tert-OH is 1. The molecule has 3 aliphatic heterocycles. The van der Waals surface area contributed by atoms with Crippen molar-refractivity contribution >= 4 is 10.9 Å². The van der Waals surface area contributed by atoms with Crippen molar-refractivity contribution in [2.75, 3.05) is 20.2 Å². The van der Waals surface area contributed by atoms with Gasteiger partial charge in [-0.05, 0) is 67.0 Å². The van der Waals surface area contributed by atoms with Crippen LogP contribution in [-0.4, -0.2) is 41.2 Å². The average molecular weight is 367 g/mol. The second-order valence-electron chi connectivity index (χ2n) is 8.37. The highest BCUT2D eigenvalue weighted by Crippen LogP contribution is 2.42. The average Bonchev–Trinajstić information content (AvgIpc) is 2.71. The first kappa shape index (κ1) is 18.5. The van der Waals surface area contributed by atoms with Gasteiger partial charge in [-0.2, -0.15) is 0 Å². The lowest BCUT2D eigenvalue weighted by molar-refractivity contribution is -0.0445. The fraction of sp³-hybridized carbons (Fsp3) is 0.522. The Hall–Kier alpha value is -1.91. The van der Waals surface area contributed by atoms with E-state index >= 15 is 0 Å². The minimum absolute atomic E-state index is 0.164. The molecule has 1 aromatic heterocycles. The number of ether oxygens (including phenoxy) is 1. The zero-order valence-corrected chi connectivity index (χ0v) is 16.6. The Morgan fingerprint density at radius 2 is 2.15 bits per heavy atom. The van der Waals surface area contributed by atoms with Gasteiger partial charge in [0.05, 0.1) is 18.7 Å². The van der Waals surface area contributed by atoms with Crippen molar-refractivity contribution in [3.05, 3.63) is 48.2 Å². The topological polar surface area (TPSA) is 45.6 Å². The van der Waals surface area contributed by atoms with E-state index in [1.165, 1.54) is 6.42 Å². The molecular weight excluding hydrogens is 336 g/mol. The van der Waals surface area contributed by atoms with Gasteiger partial charge in [0.2, 0.25) is 0 Å². The molecule has 0 amide bonds. The third kappa shape index (κ3) is 3.26. The summed E-state index contributed by atoms with van der Waals surface area (Å²) in [5, 5.41) is 12.5. The lowest BCUT2D eigenvalue weighted by Crippen LogP contribution is -2.54. The lowest BCUT2D eigenvalue weighted by atomic mass is 9.73. The standard InChI is InChI=1S/C23H30N2O2/c1-5-15-13-25-9-8-16(15)10-22(25)23(26)19-12-21(14(2)3)24-20-7-6-17(27-4)11-18(19)20/h5-7,11-12,14-16,22-23,26H,1,8-10,13H2,2-4H3/t15-,16?,22-,23+/m0/s1. The molecule has 5 atom stereocenters. The van der Waals surface area contributed by atoms with Crippen LogP contribution >= 0.6 is 0 Å². The van der Waals surface area contributed by atoms with Crippen LogP contribution in [0.4, 0.5) is 0 Å². The molecule has 0 radical (unpaired) electrons. The van der Waals surface area contributed by atoms with Gasteiger partial charge >= 0.3 is 0 Å². The molecule has 27 heavy (non-hydrogen) atoms. The molecule has 144 valence electrons. The van der Waals surface area contributed by atoms with E-state index in [2.05, 4.69) is 37.5 Å². The second-order valence-corrected chi connectivity index (χ2v) is 8.37. The van der Waals surface area contributed by atoms with Gasteiger partial charge < -0.3 is 9.84 Å². The van der Waals surface area contributed by atoms with Crippen molar-refractivity contribution in [2.45, 2.75) is 44.8 Å². The van der Waals surface area contributed by atoms with E-state index in [4.69, 9.17) is 9.72 Å². The van der Waals surface area contributed by atoms with Gasteiger partial charge in [-0.15, -0.1) is 6.58 Å². The largest absolute Gasteiger partial charge is 0.497 e. The predicted molar refractivity (Wildman–Crippen MR) is 109 cm³/mol. The first-order valence-electron chi connectivity index (χ1n) is 10.0. The first-order valence-corrected chi connectivity index (χ1v) is 10.0. The van der Waals surface area contributed by atoms with Crippen molar-refractivity contribution in [1.29, 1.82) is 0 Å². The van der Waals surface area contributed by atoms with Crippen LogP contribution in [0.15, 0.2) is 36.9 Å². The smallest absolute Gasteiger partial charge is 0.119 e. The van der Waals surface area contributed by atoms with E-state index in [1.54, 1.807) is 7.11 Å². The molecule has 0 spiro atoms. The highest BCUT2D eigenvalue weighted by atomic mass is 16.5. The lowest BCUT2D eigenvalue weighted by Gasteiger charge is -2.50. The fourth-order valence-electron chi connectivity index (χ4n) is 4.83. The summed E-state index contributed by atoms with van der Waals surface area (Å²) < 4.78 is 5.43. The summed E-state index contributed by atoms with van der Waals surface area (Å²) in [6.07, 6.45) is 3.82. The SMILES string of the molecule is C=C[C@H]1CN2CCC1C[C@H]2[C@H](O)c1cc(C(C)C)nc2ccc(OC)cc12. The zero-order chi connectivity index (χ0) is 19.1. The number of rotatable bonds is 5. The third-order valence-corrected chi connectivity index (χ3v) is 6.50. The molecule has 5 rings (SSSR count). The fourth-order valence-corrected chi connectivity index (χ4v) is 4.83. The van der Waals surface area contributed by atoms with Gasteiger partial charge in [0.25, 0.3) is 0 Å². The second kappa shape index (κ2) is 7.25. The summed E-state index contributed by atoms with van der Waals surface area (Å²) in [4.78, 5) is 7.27. The number of fused-ring (bicyclic) bond motifs is 4.